The monoisotopic (exact) mass is 395 g/mol. The molecule has 0 saturated carbocycles. The van der Waals surface area contributed by atoms with Crippen LogP contribution in [0.5, 0.6) is 0 Å². The number of halogens is 2. The Bertz CT molecular complexity index is 581. The fourth-order valence-corrected chi connectivity index (χ4v) is 3.70. The second-order valence-corrected chi connectivity index (χ2v) is 6.71. The van der Waals surface area contributed by atoms with Crippen LogP contribution >= 0.6 is 31.9 Å². The Labute approximate surface area is 138 Å². The van der Waals surface area contributed by atoms with Crippen LogP contribution in [-0.4, -0.2) is 0 Å². The van der Waals surface area contributed by atoms with Crippen LogP contribution in [-0.2, 0) is 6.42 Å². The summed E-state index contributed by atoms with van der Waals surface area (Å²) in [4.78, 5) is 0. The van der Waals surface area contributed by atoms with Crippen molar-refractivity contribution < 1.29 is 0 Å². The molecule has 0 aliphatic carbocycles. The summed E-state index contributed by atoms with van der Waals surface area (Å²) < 4.78 is 2.21. The first kappa shape index (κ1) is 15.6. The first-order chi connectivity index (χ1) is 9.61. The molecule has 1 atom stereocenters. The van der Waals surface area contributed by atoms with Crippen molar-refractivity contribution in [2.24, 2.45) is 0 Å². The number of hydrogen-bond acceptors (Lipinski definition) is 1. The lowest BCUT2D eigenvalue weighted by Crippen LogP contribution is -2.09. The highest BCUT2D eigenvalue weighted by molar-refractivity contribution is 9.11. The lowest BCUT2D eigenvalue weighted by atomic mass is 10.0. The Morgan fingerprint density at radius 3 is 2.55 bits per heavy atom. The van der Waals surface area contributed by atoms with Crippen molar-refractivity contribution in [3.8, 4) is 0 Å². The van der Waals surface area contributed by atoms with Crippen molar-refractivity contribution in [2.45, 2.75) is 32.7 Å². The van der Waals surface area contributed by atoms with Crippen LogP contribution in [0.2, 0.25) is 0 Å². The zero-order valence-electron chi connectivity index (χ0n) is 11.8. The maximum Gasteiger partial charge on any atom is 0.0496 e. The second-order valence-electron chi connectivity index (χ2n) is 4.94. The summed E-state index contributed by atoms with van der Waals surface area (Å²) in [7, 11) is 0. The van der Waals surface area contributed by atoms with E-state index < -0.39 is 0 Å². The predicted molar refractivity (Wildman–Crippen MR) is 94.3 cm³/mol. The number of benzene rings is 2. The molecule has 0 radical (unpaired) electrons. The number of anilines is 1. The molecule has 0 fully saturated rings. The Kier molecular flexibility index (Phi) is 5.67. The number of aryl methyl sites for hydroxylation is 1. The van der Waals surface area contributed by atoms with Gasteiger partial charge in [-0.15, -0.1) is 0 Å². The van der Waals surface area contributed by atoms with Crippen molar-refractivity contribution in [3.63, 3.8) is 0 Å². The van der Waals surface area contributed by atoms with Crippen molar-refractivity contribution >= 4 is 37.5 Å². The van der Waals surface area contributed by atoms with Gasteiger partial charge in [-0.05, 0) is 42.7 Å². The molecule has 3 heteroatoms. The molecule has 0 aliphatic heterocycles. The fraction of sp³-hybridized carbons (Fsp3) is 0.294. The van der Waals surface area contributed by atoms with Gasteiger partial charge in [-0.1, -0.05) is 69.5 Å². The summed E-state index contributed by atoms with van der Waals surface area (Å²) in [6, 6.07) is 15.1. The molecule has 0 spiro atoms. The summed E-state index contributed by atoms with van der Waals surface area (Å²) in [6.45, 7) is 4.41. The van der Waals surface area contributed by atoms with E-state index in [0.29, 0.717) is 0 Å². The molecule has 106 valence electrons. The average Bonchev–Trinajstić information content (AvgIpc) is 2.41. The van der Waals surface area contributed by atoms with E-state index >= 15 is 0 Å². The second kappa shape index (κ2) is 7.28. The van der Waals surface area contributed by atoms with Gasteiger partial charge in [-0.3, -0.25) is 0 Å². The number of para-hydroxylation sites is 1. The first-order valence-electron chi connectivity index (χ1n) is 6.91. The van der Waals surface area contributed by atoms with E-state index in [1.807, 2.05) is 0 Å². The van der Waals surface area contributed by atoms with E-state index in [2.05, 4.69) is 93.5 Å². The fourth-order valence-electron chi connectivity index (χ4n) is 2.31. The zero-order valence-corrected chi connectivity index (χ0v) is 15.0. The van der Waals surface area contributed by atoms with E-state index in [1.54, 1.807) is 0 Å². The summed E-state index contributed by atoms with van der Waals surface area (Å²) in [5.74, 6) is 0. The minimum Gasteiger partial charge on any atom is -0.378 e. The highest BCUT2D eigenvalue weighted by Gasteiger charge is 2.11. The van der Waals surface area contributed by atoms with E-state index in [0.717, 1.165) is 21.8 Å². The van der Waals surface area contributed by atoms with Crippen LogP contribution in [0.25, 0.3) is 0 Å². The standard InChI is InChI=1S/C17H19Br2N/c1-3-6-13-7-4-5-8-17(13)20-12(2)15-10-9-14(18)11-16(15)19/h4-5,7-12,20H,3,6H2,1-2H3. The molecular formula is C17H19Br2N. The Morgan fingerprint density at radius 2 is 1.85 bits per heavy atom. The van der Waals surface area contributed by atoms with Gasteiger partial charge in [0, 0.05) is 20.7 Å². The van der Waals surface area contributed by atoms with Crippen molar-refractivity contribution in [1.29, 1.82) is 0 Å². The van der Waals surface area contributed by atoms with Gasteiger partial charge >= 0.3 is 0 Å². The van der Waals surface area contributed by atoms with Gasteiger partial charge in [0.15, 0.2) is 0 Å². The summed E-state index contributed by atoms with van der Waals surface area (Å²) in [6.07, 6.45) is 2.27. The largest absolute Gasteiger partial charge is 0.378 e. The third kappa shape index (κ3) is 3.86. The van der Waals surface area contributed by atoms with E-state index in [9.17, 15) is 0 Å². The predicted octanol–water partition coefficient (Wildman–Crippen LogP) is 6.34. The lowest BCUT2D eigenvalue weighted by Gasteiger charge is -2.19. The zero-order chi connectivity index (χ0) is 14.5. The molecule has 2 rings (SSSR count). The Morgan fingerprint density at radius 1 is 1.10 bits per heavy atom. The molecule has 0 saturated heterocycles. The van der Waals surface area contributed by atoms with Gasteiger partial charge < -0.3 is 5.32 Å². The van der Waals surface area contributed by atoms with Gasteiger partial charge in [0.1, 0.15) is 0 Å². The minimum absolute atomic E-state index is 0.260. The minimum atomic E-state index is 0.260. The molecule has 20 heavy (non-hydrogen) atoms. The first-order valence-corrected chi connectivity index (χ1v) is 8.49. The molecule has 2 aromatic rings. The van der Waals surface area contributed by atoms with E-state index in [1.165, 1.54) is 16.8 Å². The van der Waals surface area contributed by atoms with Crippen LogP contribution in [0, 0.1) is 0 Å². The molecule has 0 bridgehead atoms. The Hall–Kier alpha value is -0.800. The van der Waals surface area contributed by atoms with Crippen LogP contribution in [0.15, 0.2) is 51.4 Å². The highest BCUT2D eigenvalue weighted by atomic mass is 79.9. The summed E-state index contributed by atoms with van der Waals surface area (Å²) in [5.41, 5.74) is 3.88. The lowest BCUT2D eigenvalue weighted by molar-refractivity contribution is 0.862. The average molecular weight is 397 g/mol. The normalized spacial score (nSPS) is 12.2. The summed E-state index contributed by atoms with van der Waals surface area (Å²) in [5, 5.41) is 3.63. The smallest absolute Gasteiger partial charge is 0.0496 e. The van der Waals surface area contributed by atoms with E-state index in [4.69, 9.17) is 0 Å². The molecule has 1 unspecified atom stereocenters. The SMILES string of the molecule is CCCc1ccccc1NC(C)c1ccc(Br)cc1Br. The van der Waals surface area contributed by atoms with Crippen molar-refractivity contribution in [2.75, 3.05) is 5.32 Å². The molecular weight excluding hydrogens is 378 g/mol. The molecule has 0 aliphatic rings. The molecule has 1 nitrogen and oxygen atoms in total. The third-order valence-electron chi connectivity index (χ3n) is 3.34. The molecule has 0 heterocycles. The van der Waals surface area contributed by atoms with Gasteiger partial charge in [-0.25, -0.2) is 0 Å². The maximum atomic E-state index is 3.64. The van der Waals surface area contributed by atoms with Crippen LogP contribution in [0.1, 0.15) is 37.4 Å². The number of hydrogen-bond donors (Lipinski definition) is 1. The molecule has 0 amide bonds. The van der Waals surface area contributed by atoms with Crippen LogP contribution in [0.3, 0.4) is 0 Å². The molecule has 2 aromatic carbocycles. The van der Waals surface area contributed by atoms with Crippen molar-refractivity contribution in [3.05, 3.63) is 62.5 Å². The third-order valence-corrected chi connectivity index (χ3v) is 4.52. The van der Waals surface area contributed by atoms with Crippen LogP contribution in [0.4, 0.5) is 5.69 Å². The molecule has 1 N–H and O–H groups in total. The van der Waals surface area contributed by atoms with Gasteiger partial charge in [0.2, 0.25) is 0 Å². The van der Waals surface area contributed by atoms with Crippen LogP contribution < -0.4 is 5.32 Å². The highest BCUT2D eigenvalue weighted by Crippen LogP contribution is 2.30. The summed E-state index contributed by atoms with van der Waals surface area (Å²) >= 11 is 7.13. The topological polar surface area (TPSA) is 12.0 Å². The Balaban J connectivity index is 2.21. The van der Waals surface area contributed by atoms with Crippen molar-refractivity contribution in [1.82, 2.24) is 0 Å². The maximum absolute atomic E-state index is 3.64. The number of nitrogens with one attached hydrogen (secondary N) is 1. The van der Waals surface area contributed by atoms with Gasteiger partial charge in [-0.2, -0.15) is 0 Å². The van der Waals surface area contributed by atoms with E-state index in [-0.39, 0.29) is 6.04 Å². The van der Waals surface area contributed by atoms with Gasteiger partial charge in [0.05, 0.1) is 0 Å². The molecule has 0 aromatic heterocycles. The number of rotatable bonds is 5. The van der Waals surface area contributed by atoms with Gasteiger partial charge in [0.25, 0.3) is 0 Å². The quantitative estimate of drug-likeness (QED) is 0.621.